The van der Waals surface area contributed by atoms with Gasteiger partial charge in [-0.05, 0) is 34.9 Å². The van der Waals surface area contributed by atoms with Crippen molar-refractivity contribution in [1.82, 2.24) is 14.8 Å². The fourth-order valence-electron chi connectivity index (χ4n) is 5.88. The number of hydrogen-bond donors (Lipinski definition) is 0. The summed E-state index contributed by atoms with van der Waals surface area (Å²) in [5, 5.41) is 12.2. The van der Waals surface area contributed by atoms with Gasteiger partial charge in [-0.1, -0.05) is 133 Å². The summed E-state index contributed by atoms with van der Waals surface area (Å²) in [4.78, 5) is 0. The van der Waals surface area contributed by atoms with Gasteiger partial charge in [-0.3, -0.25) is 4.57 Å². The molecule has 0 amide bonds. The van der Waals surface area contributed by atoms with Gasteiger partial charge >= 0.3 is 0 Å². The zero-order valence-corrected chi connectivity index (χ0v) is 23.5. The van der Waals surface area contributed by atoms with Gasteiger partial charge in [-0.15, -0.1) is 21.5 Å². The highest BCUT2D eigenvalue weighted by Crippen LogP contribution is 2.44. The van der Waals surface area contributed by atoms with Gasteiger partial charge in [0.25, 0.3) is 0 Å². The summed E-state index contributed by atoms with van der Waals surface area (Å²) in [7, 11) is 0. The molecule has 0 N–H and O–H groups in total. The first kappa shape index (κ1) is 24.5. The van der Waals surface area contributed by atoms with Crippen LogP contribution in [0, 0.1) is 0 Å². The molecule has 4 heteroatoms. The lowest BCUT2D eigenvalue weighted by molar-refractivity contribution is 1.07. The van der Waals surface area contributed by atoms with Gasteiger partial charge in [-0.25, -0.2) is 0 Å². The molecule has 0 aliphatic heterocycles. The molecule has 6 aromatic carbocycles. The minimum absolute atomic E-state index is 0.811. The highest BCUT2D eigenvalue weighted by molar-refractivity contribution is 7.26. The monoisotopic (exact) mass is 555 g/mol. The third kappa shape index (κ3) is 4.04. The van der Waals surface area contributed by atoms with Gasteiger partial charge in [0.1, 0.15) is 0 Å². The summed E-state index contributed by atoms with van der Waals surface area (Å²) in [5.41, 5.74) is 7.82. The van der Waals surface area contributed by atoms with Crippen LogP contribution in [-0.4, -0.2) is 14.8 Å². The van der Waals surface area contributed by atoms with Crippen LogP contribution in [0.3, 0.4) is 0 Å². The van der Waals surface area contributed by atoms with E-state index in [9.17, 15) is 0 Å². The van der Waals surface area contributed by atoms with Crippen LogP contribution in [0.4, 0.5) is 0 Å². The number of thiophene rings is 1. The van der Waals surface area contributed by atoms with Crippen LogP contribution in [0.1, 0.15) is 0 Å². The van der Waals surface area contributed by atoms with E-state index in [4.69, 9.17) is 10.2 Å². The van der Waals surface area contributed by atoms with E-state index in [1.807, 2.05) is 35.6 Å². The molecule has 0 fully saturated rings. The van der Waals surface area contributed by atoms with Crippen molar-refractivity contribution in [3.8, 4) is 50.7 Å². The maximum Gasteiger partial charge on any atom is 0.169 e. The van der Waals surface area contributed by atoms with Gasteiger partial charge in [0, 0.05) is 42.6 Å². The van der Waals surface area contributed by atoms with E-state index in [1.54, 1.807) is 0 Å². The first-order valence-electron chi connectivity index (χ1n) is 14.0. The quantitative estimate of drug-likeness (QED) is 0.211. The Balaban J connectivity index is 1.36. The van der Waals surface area contributed by atoms with E-state index in [0.717, 1.165) is 34.0 Å². The van der Waals surface area contributed by atoms with Crippen LogP contribution in [-0.2, 0) is 0 Å². The van der Waals surface area contributed by atoms with Crippen molar-refractivity contribution in [2.45, 2.75) is 0 Å². The van der Waals surface area contributed by atoms with E-state index in [0.29, 0.717) is 0 Å². The number of aromatic nitrogens is 3. The molecule has 8 aromatic rings. The van der Waals surface area contributed by atoms with Gasteiger partial charge in [-0.2, -0.15) is 0 Å². The molecular formula is C38H25N3S. The highest BCUT2D eigenvalue weighted by Gasteiger charge is 2.21. The molecule has 198 valence electrons. The van der Waals surface area contributed by atoms with Crippen LogP contribution in [0.2, 0.25) is 0 Å². The molecule has 0 unspecified atom stereocenters. The molecule has 42 heavy (non-hydrogen) atoms. The summed E-state index contributed by atoms with van der Waals surface area (Å²) in [5.74, 6) is 1.63. The first-order valence-corrected chi connectivity index (χ1v) is 14.8. The summed E-state index contributed by atoms with van der Waals surface area (Å²) in [6.45, 7) is 0. The summed E-state index contributed by atoms with van der Waals surface area (Å²) in [6, 6.07) is 53.2. The normalized spacial score (nSPS) is 11.3. The van der Waals surface area contributed by atoms with E-state index in [1.165, 1.54) is 36.9 Å². The largest absolute Gasteiger partial charge is 0.275 e. The van der Waals surface area contributed by atoms with Gasteiger partial charge in [0.15, 0.2) is 11.6 Å². The maximum atomic E-state index is 4.82. The molecule has 8 rings (SSSR count). The lowest BCUT2D eigenvalue weighted by Gasteiger charge is -2.16. The predicted octanol–water partition coefficient (Wildman–Crippen LogP) is 10.3. The van der Waals surface area contributed by atoms with Crippen LogP contribution >= 0.6 is 11.3 Å². The Morgan fingerprint density at radius 1 is 0.405 bits per heavy atom. The van der Waals surface area contributed by atoms with Crippen LogP contribution in [0.15, 0.2) is 152 Å². The zero-order valence-electron chi connectivity index (χ0n) is 22.7. The molecule has 0 aliphatic rings. The van der Waals surface area contributed by atoms with E-state index in [2.05, 4.69) is 132 Å². The molecule has 0 saturated carbocycles. The Morgan fingerprint density at radius 2 is 0.929 bits per heavy atom. The number of para-hydroxylation sites is 1. The lowest BCUT2D eigenvalue weighted by Crippen LogP contribution is -2.01. The second kappa shape index (κ2) is 10.3. The Labute approximate surface area is 248 Å². The molecule has 2 heterocycles. The third-order valence-corrected chi connectivity index (χ3v) is 9.01. The Kier molecular flexibility index (Phi) is 5.98. The van der Waals surface area contributed by atoms with E-state index >= 15 is 0 Å². The molecule has 0 saturated heterocycles. The molecule has 0 bridgehead atoms. The Morgan fingerprint density at radius 3 is 1.69 bits per heavy atom. The summed E-state index contributed by atoms with van der Waals surface area (Å²) < 4.78 is 4.79. The fraction of sp³-hybridized carbons (Fsp3) is 0. The van der Waals surface area contributed by atoms with Crippen molar-refractivity contribution in [3.63, 3.8) is 0 Å². The molecular weight excluding hydrogens is 531 g/mol. The van der Waals surface area contributed by atoms with Crippen LogP contribution in [0.25, 0.3) is 70.9 Å². The number of nitrogens with zero attached hydrogens (tertiary/aromatic N) is 3. The molecule has 2 aromatic heterocycles. The molecule has 0 radical (unpaired) electrons. The van der Waals surface area contributed by atoms with Crippen molar-refractivity contribution in [3.05, 3.63) is 152 Å². The molecule has 0 spiro atoms. The van der Waals surface area contributed by atoms with E-state index < -0.39 is 0 Å². The van der Waals surface area contributed by atoms with Gasteiger partial charge in [0.2, 0.25) is 0 Å². The maximum absolute atomic E-state index is 4.82. The van der Waals surface area contributed by atoms with Crippen molar-refractivity contribution < 1.29 is 0 Å². The third-order valence-electron chi connectivity index (χ3n) is 7.79. The SMILES string of the molecule is c1ccc(-c2nnc(-c3ccccc3-c3ccccc3-c3cccc4c3sc3ccccc34)n2-c2ccccc2)cc1. The number of benzene rings is 6. The second-order valence-electron chi connectivity index (χ2n) is 10.3. The average molecular weight is 556 g/mol. The van der Waals surface area contributed by atoms with E-state index in [-0.39, 0.29) is 0 Å². The van der Waals surface area contributed by atoms with Crippen molar-refractivity contribution >= 4 is 31.5 Å². The fourth-order valence-corrected chi connectivity index (χ4v) is 7.11. The number of fused-ring (bicyclic) bond motifs is 3. The standard InChI is InChI=1S/C38H25N3S/c1-3-14-26(15-4-1)37-39-40-38(41(37)27-16-5-2-6-17-27)34-22-10-9-20-30(34)28-18-7-8-19-29(28)32-23-13-24-33-31-21-11-12-25-35(31)42-36(32)33/h1-25H. The molecule has 0 aliphatic carbocycles. The average Bonchev–Trinajstić information content (AvgIpc) is 3.68. The van der Waals surface area contributed by atoms with Crippen LogP contribution in [0.5, 0.6) is 0 Å². The van der Waals surface area contributed by atoms with Crippen molar-refractivity contribution in [1.29, 1.82) is 0 Å². The number of hydrogen-bond acceptors (Lipinski definition) is 3. The van der Waals surface area contributed by atoms with Crippen molar-refractivity contribution in [2.24, 2.45) is 0 Å². The number of rotatable bonds is 5. The molecule has 0 atom stereocenters. The smallest absolute Gasteiger partial charge is 0.169 e. The minimum Gasteiger partial charge on any atom is -0.275 e. The predicted molar refractivity (Wildman–Crippen MR) is 176 cm³/mol. The highest BCUT2D eigenvalue weighted by atomic mass is 32.1. The Bertz CT molecular complexity index is 2190. The zero-order chi connectivity index (χ0) is 27.9. The Hall–Kier alpha value is -5.32. The summed E-state index contributed by atoms with van der Waals surface area (Å²) in [6.07, 6.45) is 0. The second-order valence-corrected chi connectivity index (χ2v) is 11.3. The molecule has 3 nitrogen and oxygen atoms in total. The van der Waals surface area contributed by atoms with Gasteiger partial charge < -0.3 is 0 Å². The summed E-state index contributed by atoms with van der Waals surface area (Å²) >= 11 is 1.86. The minimum atomic E-state index is 0.811. The lowest BCUT2D eigenvalue weighted by atomic mass is 9.91. The van der Waals surface area contributed by atoms with Crippen LogP contribution < -0.4 is 0 Å². The first-order chi connectivity index (χ1) is 20.9. The van der Waals surface area contributed by atoms with Gasteiger partial charge in [0.05, 0.1) is 0 Å². The topological polar surface area (TPSA) is 30.7 Å². The van der Waals surface area contributed by atoms with Crippen molar-refractivity contribution in [2.75, 3.05) is 0 Å².